The van der Waals surface area contributed by atoms with Crippen molar-refractivity contribution in [2.24, 2.45) is 0 Å². The highest BCUT2D eigenvalue weighted by Gasteiger charge is 2.03. The number of hydrogen-bond acceptors (Lipinski definition) is 3. The minimum absolute atomic E-state index is 0.0194. The molecule has 0 saturated carbocycles. The van der Waals surface area contributed by atoms with Crippen LogP contribution in [-0.2, 0) is 14.3 Å². The molecule has 6 heteroatoms. The maximum Gasteiger partial charge on any atom is 0.325 e. The van der Waals surface area contributed by atoms with E-state index in [0.29, 0.717) is 5.56 Å². The molecule has 4 nitrogen and oxygen atoms in total. The first kappa shape index (κ1) is 15.2. The van der Waals surface area contributed by atoms with Crippen LogP contribution in [0.5, 0.6) is 0 Å². The largest absolute Gasteiger partial charge is 0.465 e. The average molecular weight is 286 g/mol. The van der Waals surface area contributed by atoms with Crippen molar-refractivity contribution in [2.45, 2.75) is 6.92 Å². The van der Waals surface area contributed by atoms with E-state index in [0.717, 1.165) is 0 Å². The lowest BCUT2D eigenvalue weighted by Crippen LogP contribution is -2.29. The van der Waals surface area contributed by atoms with Gasteiger partial charge in [0.05, 0.1) is 11.6 Å². The first-order chi connectivity index (χ1) is 9.02. The van der Waals surface area contributed by atoms with Crippen molar-refractivity contribution in [3.05, 3.63) is 40.7 Å². The van der Waals surface area contributed by atoms with Gasteiger partial charge in [-0.1, -0.05) is 17.7 Å². The molecular formula is C13H13ClFNO3. The molecule has 1 aromatic carbocycles. The summed E-state index contributed by atoms with van der Waals surface area (Å²) in [5.74, 6) is -1.48. The van der Waals surface area contributed by atoms with E-state index < -0.39 is 17.7 Å². The molecule has 0 bridgehead atoms. The van der Waals surface area contributed by atoms with Crippen LogP contribution in [0.4, 0.5) is 4.39 Å². The summed E-state index contributed by atoms with van der Waals surface area (Å²) in [6.07, 6.45) is 2.69. The van der Waals surface area contributed by atoms with Gasteiger partial charge in [-0.15, -0.1) is 0 Å². The Morgan fingerprint density at radius 1 is 1.47 bits per heavy atom. The van der Waals surface area contributed by atoms with Crippen molar-refractivity contribution in [1.29, 1.82) is 0 Å². The van der Waals surface area contributed by atoms with E-state index in [2.05, 4.69) is 10.1 Å². The molecule has 0 saturated heterocycles. The molecule has 102 valence electrons. The lowest BCUT2D eigenvalue weighted by atomic mass is 10.2. The Morgan fingerprint density at radius 3 is 2.84 bits per heavy atom. The Morgan fingerprint density at radius 2 is 2.21 bits per heavy atom. The predicted molar refractivity (Wildman–Crippen MR) is 70.1 cm³/mol. The number of benzene rings is 1. The molecule has 0 spiro atoms. The minimum Gasteiger partial charge on any atom is -0.465 e. The summed E-state index contributed by atoms with van der Waals surface area (Å²) in [6.45, 7) is 1.75. The van der Waals surface area contributed by atoms with E-state index in [4.69, 9.17) is 11.6 Å². The van der Waals surface area contributed by atoms with Gasteiger partial charge in [-0.05, 0) is 30.7 Å². The second-order valence-corrected chi connectivity index (χ2v) is 3.94. The standard InChI is InChI=1S/C13H13ClFNO3/c1-2-19-13(18)8-16-12(17)6-4-9-3-5-11(15)10(14)7-9/h3-7H,2,8H2,1H3,(H,16,17)/b6-4+. The topological polar surface area (TPSA) is 55.4 Å². The summed E-state index contributed by atoms with van der Waals surface area (Å²) < 4.78 is 17.5. The van der Waals surface area contributed by atoms with Crippen LogP contribution in [-0.4, -0.2) is 25.0 Å². The van der Waals surface area contributed by atoms with Gasteiger partial charge in [-0.3, -0.25) is 9.59 Å². The fourth-order valence-corrected chi connectivity index (χ4v) is 1.41. The van der Waals surface area contributed by atoms with Crippen molar-refractivity contribution < 1.29 is 18.7 Å². The van der Waals surface area contributed by atoms with E-state index >= 15 is 0 Å². The number of esters is 1. The molecule has 19 heavy (non-hydrogen) atoms. The second-order valence-electron chi connectivity index (χ2n) is 3.53. The van der Waals surface area contributed by atoms with E-state index in [-0.39, 0.29) is 18.2 Å². The summed E-state index contributed by atoms with van der Waals surface area (Å²) >= 11 is 5.60. The highest BCUT2D eigenvalue weighted by molar-refractivity contribution is 6.30. The van der Waals surface area contributed by atoms with Gasteiger partial charge in [0.2, 0.25) is 5.91 Å². The predicted octanol–water partition coefficient (Wildman–Crippen LogP) is 2.17. The molecular weight excluding hydrogens is 273 g/mol. The number of carbonyl (C=O) groups excluding carboxylic acids is 2. The highest BCUT2D eigenvalue weighted by atomic mass is 35.5. The van der Waals surface area contributed by atoms with Crippen LogP contribution in [0.1, 0.15) is 12.5 Å². The van der Waals surface area contributed by atoms with Crippen molar-refractivity contribution in [2.75, 3.05) is 13.2 Å². The fourth-order valence-electron chi connectivity index (χ4n) is 1.22. The number of carbonyl (C=O) groups is 2. The van der Waals surface area contributed by atoms with Gasteiger partial charge in [0.15, 0.2) is 0 Å². The SMILES string of the molecule is CCOC(=O)CNC(=O)/C=C/c1ccc(F)c(Cl)c1. The van der Waals surface area contributed by atoms with Crippen molar-refractivity contribution >= 4 is 29.6 Å². The van der Waals surface area contributed by atoms with Crippen molar-refractivity contribution in [3.8, 4) is 0 Å². The number of hydrogen-bond donors (Lipinski definition) is 1. The minimum atomic E-state index is -0.523. The smallest absolute Gasteiger partial charge is 0.325 e. The van der Waals surface area contributed by atoms with Gasteiger partial charge in [-0.2, -0.15) is 0 Å². The Balaban J connectivity index is 2.49. The normalized spacial score (nSPS) is 10.5. The Kier molecular flexibility index (Phi) is 6.02. The Bertz CT molecular complexity index is 503. The molecule has 1 N–H and O–H groups in total. The highest BCUT2D eigenvalue weighted by Crippen LogP contribution is 2.16. The van der Waals surface area contributed by atoms with Crippen LogP contribution in [0.3, 0.4) is 0 Å². The van der Waals surface area contributed by atoms with Crippen LogP contribution in [0.25, 0.3) is 6.08 Å². The first-order valence-electron chi connectivity index (χ1n) is 5.59. The van der Waals surface area contributed by atoms with Gasteiger partial charge in [0, 0.05) is 6.08 Å². The van der Waals surface area contributed by atoms with E-state index in [9.17, 15) is 14.0 Å². The van der Waals surface area contributed by atoms with E-state index in [1.165, 1.54) is 30.4 Å². The lowest BCUT2D eigenvalue weighted by Gasteiger charge is -2.02. The van der Waals surface area contributed by atoms with Crippen LogP contribution < -0.4 is 5.32 Å². The number of nitrogens with one attached hydrogen (secondary N) is 1. The van der Waals surface area contributed by atoms with Gasteiger partial charge in [0.1, 0.15) is 12.4 Å². The number of amides is 1. The third kappa shape index (κ3) is 5.52. The zero-order valence-corrected chi connectivity index (χ0v) is 11.0. The van der Waals surface area contributed by atoms with Crippen LogP contribution in [0, 0.1) is 5.82 Å². The molecule has 0 aliphatic carbocycles. The molecule has 0 aliphatic heterocycles. The maximum atomic E-state index is 12.9. The quantitative estimate of drug-likeness (QED) is 0.666. The first-order valence-corrected chi connectivity index (χ1v) is 5.97. The summed E-state index contributed by atoms with van der Waals surface area (Å²) in [4.78, 5) is 22.3. The summed E-state index contributed by atoms with van der Waals surface area (Å²) in [5, 5.41) is 2.34. The summed E-state index contributed by atoms with van der Waals surface area (Å²) in [5.41, 5.74) is 0.581. The molecule has 1 aromatic rings. The fraction of sp³-hybridized carbons (Fsp3) is 0.231. The molecule has 0 fully saturated rings. The Labute approximate surface area is 115 Å². The zero-order valence-electron chi connectivity index (χ0n) is 10.3. The number of rotatable bonds is 5. The van der Waals surface area contributed by atoms with E-state index in [1.54, 1.807) is 6.92 Å². The monoisotopic (exact) mass is 285 g/mol. The molecule has 0 unspecified atom stereocenters. The number of halogens is 2. The van der Waals surface area contributed by atoms with Crippen LogP contribution in [0.15, 0.2) is 24.3 Å². The lowest BCUT2D eigenvalue weighted by molar-refractivity contribution is -0.143. The maximum absolute atomic E-state index is 12.9. The van der Waals surface area contributed by atoms with Gasteiger partial charge in [0.25, 0.3) is 0 Å². The molecule has 0 aliphatic rings. The molecule has 0 heterocycles. The third-order valence-electron chi connectivity index (χ3n) is 2.08. The van der Waals surface area contributed by atoms with Crippen LogP contribution >= 0.6 is 11.6 Å². The zero-order chi connectivity index (χ0) is 14.3. The molecule has 1 rings (SSSR count). The molecule has 0 atom stereocenters. The summed E-state index contributed by atoms with van der Waals surface area (Å²) in [7, 11) is 0. The van der Waals surface area contributed by atoms with E-state index in [1.807, 2.05) is 0 Å². The molecule has 1 amide bonds. The van der Waals surface area contributed by atoms with Gasteiger partial charge < -0.3 is 10.1 Å². The van der Waals surface area contributed by atoms with Gasteiger partial charge >= 0.3 is 5.97 Å². The molecule has 0 radical (unpaired) electrons. The van der Waals surface area contributed by atoms with Crippen LogP contribution in [0.2, 0.25) is 5.02 Å². The Hall–Kier alpha value is -1.88. The summed E-state index contributed by atoms with van der Waals surface area (Å²) in [6, 6.07) is 4.08. The molecule has 0 aromatic heterocycles. The number of ether oxygens (including phenoxy) is 1. The van der Waals surface area contributed by atoms with Crippen molar-refractivity contribution in [3.63, 3.8) is 0 Å². The van der Waals surface area contributed by atoms with Crippen molar-refractivity contribution in [1.82, 2.24) is 5.32 Å². The van der Waals surface area contributed by atoms with Gasteiger partial charge in [-0.25, -0.2) is 4.39 Å². The second kappa shape index (κ2) is 7.53. The average Bonchev–Trinajstić information content (AvgIpc) is 2.38. The third-order valence-corrected chi connectivity index (χ3v) is 2.37.